The first-order valence-corrected chi connectivity index (χ1v) is 7.91. The lowest BCUT2D eigenvalue weighted by Crippen LogP contribution is -2.10. The van der Waals surface area contributed by atoms with Gasteiger partial charge in [0.1, 0.15) is 5.82 Å². The number of fused-ring (bicyclic) bond motifs is 1. The van der Waals surface area contributed by atoms with Gasteiger partial charge in [-0.25, -0.2) is 4.39 Å². The van der Waals surface area contributed by atoms with Crippen LogP contribution in [0, 0.1) is 5.82 Å². The van der Waals surface area contributed by atoms with E-state index in [2.05, 4.69) is 6.07 Å². The third-order valence-corrected chi connectivity index (χ3v) is 5.49. The Morgan fingerprint density at radius 3 is 2.94 bits per heavy atom. The highest BCUT2D eigenvalue weighted by molar-refractivity contribution is 7.98. The zero-order valence-corrected chi connectivity index (χ0v) is 11.5. The van der Waals surface area contributed by atoms with Crippen LogP contribution in [0.1, 0.15) is 26.9 Å². The summed E-state index contributed by atoms with van der Waals surface area (Å²) in [7, 11) is 0. The normalized spacial score (nSPS) is 16.3. The monoisotopic (exact) mass is 279 g/mol. The Hall–Kier alpha value is -0.840. The van der Waals surface area contributed by atoms with Crippen LogP contribution in [0.25, 0.3) is 0 Å². The van der Waals surface area contributed by atoms with E-state index in [9.17, 15) is 4.39 Å². The van der Waals surface area contributed by atoms with Gasteiger partial charge in [-0.1, -0.05) is 12.1 Å². The summed E-state index contributed by atoms with van der Waals surface area (Å²) in [5, 5.41) is 0. The van der Waals surface area contributed by atoms with Gasteiger partial charge in [-0.3, -0.25) is 0 Å². The van der Waals surface area contributed by atoms with Gasteiger partial charge in [-0.05, 0) is 41.5 Å². The fourth-order valence-electron chi connectivity index (χ4n) is 2.19. The van der Waals surface area contributed by atoms with Crippen molar-refractivity contribution in [3.05, 3.63) is 57.0 Å². The average Bonchev–Trinajstić information content (AvgIpc) is 2.81. The molecule has 2 aromatic rings. The molecule has 1 aromatic carbocycles. The van der Waals surface area contributed by atoms with Gasteiger partial charge in [0.15, 0.2) is 0 Å². The molecule has 1 aliphatic rings. The van der Waals surface area contributed by atoms with Crippen LogP contribution >= 0.6 is 23.1 Å². The number of aryl methyl sites for hydroxylation is 1. The molecule has 1 atom stereocenters. The van der Waals surface area contributed by atoms with Crippen molar-refractivity contribution in [1.82, 2.24) is 0 Å². The summed E-state index contributed by atoms with van der Waals surface area (Å²) in [5.41, 5.74) is 8.50. The number of nitrogens with two attached hydrogens (primary N) is 1. The minimum atomic E-state index is -0.222. The van der Waals surface area contributed by atoms with Crippen LogP contribution < -0.4 is 5.73 Å². The molecule has 0 radical (unpaired) electrons. The second-order valence-electron chi connectivity index (χ2n) is 4.43. The van der Waals surface area contributed by atoms with Crippen molar-refractivity contribution in [2.24, 2.45) is 5.73 Å². The molecule has 0 saturated carbocycles. The van der Waals surface area contributed by atoms with Crippen LogP contribution in [0.4, 0.5) is 4.39 Å². The molecule has 0 amide bonds. The highest BCUT2D eigenvalue weighted by Crippen LogP contribution is 2.35. The van der Waals surface area contributed by atoms with Crippen LogP contribution in [-0.2, 0) is 12.2 Å². The third-order valence-electron chi connectivity index (χ3n) is 3.16. The summed E-state index contributed by atoms with van der Waals surface area (Å²) in [4.78, 5) is 2.60. The van der Waals surface area contributed by atoms with E-state index < -0.39 is 0 Å². The molecular weight excluding hydrogens is 265 g/mol. The Morgan fingerprint density at radius 1 is 1.28 bits per heavy atom. The summed E-state index contributed by atoms with van der Waals surface area (Å²) < 4.78 is 13.2. The van der Waals surface area contributed by atoms with Crippen molar-refractivity contribution < 1.29 is 4.39 Å². The zero-order chi connectivity index (χ0) is 12.5. The highest BCUT2D eigenvalue weighted by atomic mass is 32.2. The molecule has 0 saturated heterocycles. The summed E-state index contributed by atoms with van der Waals surface area (Å²) in [5.74, 6) is 2.06. The maximum absolute atomic E-state index is 13.2. The van der Waals surface area contributed by atoms with E-state index in [1.54, 1.807) is 17.4 Å². The average molecular weight is 279 g/mol. The molecule has 0 fully saturated rings. The van der Waals surface area contributed by atoms with E-state index >= 15 is 0 Å². The Kier molecular flexibility index (Phi) is 3.41. The molecule has 0 bridgehead atoms. The van der Waals surface area contributed by atoms with Crippen molar-refractivity contribution >= 4 is 23.1 Å². The van der Waals surface area contributed by atoms with Gasteiger partial charge in [0.25, 0.3) is 0 Å². The van der Waals surface area contributed by atoms with E-state index in [-0.39, 0.29) is 11.9 Å². The second-order valence-corrected chi connectivity index (χ2v) is 6.71. The standard InChI is InChI=1S/C14H14FNS2/c15-11-3-1-2-9(6-11)14(16)13-7-10-8-17-5-4-12(10)18-13/h1-3,6-7,14H,4-5,8,16H2. The lowest BCUT2D eigenvalue weighted by Gasteiger charge is -2.09. The molecule has 1 aromatic heterocycles. The van der Waals surface area contributed by atoms with Gasteiger partial charge in [-0.15, -0.1) is 11.3 Å². The number of hydrogen-bond donors (Lipinski definition) is 1. The molecule has 2 N–H and O–H groups in total. The number of rotatable bonds is 2. The smallest absolute Gasteiger partial charge is 0.123 e. The number of halogens is 1. The van der Waals surface area contributed by atoms with Crippen LogP contribution in [-0.4, -0.2) is 5.75 Å². The van der Waals surface area contributed by atoms with Crippen molar-refractivity contribution in [3.8, 4) is 0 Å². The lowest BCUT2D eigenvalue weighted by molar-refractivity contribution is 0.624. The molecule has 4 heteroatoms. The Balaban J connectivity index is 1.92. The van der Waals surface area contributed by atoms with Gasteiger partial charge in [0.05, 0.1) is 6.04 Å². The topological polar surface area (TPSA) is 26.0 Å². The predicted molar refractivity (Wildman–Crippen MR) is 76.6 cm³/mol. The summed E-state index contributed by atoms with van der Waals surface area (Å²) in [6, 6.07) is 8.57. The van der Waals surface area contributed by atoms with Crippen LogP contribution in [0.3, 0.4) is 0 Å². The Morgan fingerprint density at radius 2 is 2.17 bits per heavy atom. The van der Waals surface area contributed by atoms with Gasteiger partial charge < -0.3 is 5.73 Å². The molecule has 3 rings (SSSR count). The lowest BCUT2D eigenvalue weighted by atomic mass is 10.1. The largest absolute Gasteiger partial charge is 0.320 e. The second kappa shape index (κ2) is 5.03. The third kappa shape index (κ3) is 2.32. The molecule has 94 valence electrons. The van der Waals surface area contributed by atoms with Crippen molar-refractivity contribution in [3.63, 3.8) is 0 Å². The first kappa shape index (κ1) is 12.2. The molecule has 1 aliphatic heterocycles. The minimum absolute atomic E-state index is 0.207. The van der Waals surface area contributed by atoms with Gasteiger partial charge in [0, 0.05) is 15.5 Å². The number of thioether (sulfide) groups is 1. The quantitative estimate of drug-likeness (QED) is 0.906. The number of hydrogen-bond acceptors (Lipinski definition) is 3. The maximum Gasteiger partial charge on any atom is 0.123 e. The molecule has 18 heavy (non-hydrogen) atoms. The fraction of sp³-hybridized carbons (Fsp3) is 0.286. The summed E-state index contributed by atoms with van der Waals surface area (Å²) in [6.45, 7) is 0. The van der Waals surface area contributed by atoms with Gasteiger partial charge in [-0.2, -0.15) is 11.8 Å². The molecule has 0 aliphatic carbocycles. The molecule has 2 heterocycles. The van der Waals surface area contributed by atoms with Crippen molar-refractivity contribution in [1.29, 1.82) is 0 Å². The summed E-state index contributed by atoms with van der Waals surface area (Å²) in [6.07, 6.45) is 1.14. The van der Waals surface area contributed by atoms with Crippen LogP contribution in [0.15, 0.2) is 30.3 Å². The van der Waals surface area contributed by atoms with Crippen molar-refractivity contribution in [2.75, 3.05) is 5.75 Å². The highest BCUT2D eigenvalue weighted by Gasteiger charge is 2.18. The first-order valence-electron chi connectivity index (χ1n) is 5.94. The van der Waals surface area contributed by atoms with Crippen LogP contribution in [0.5, 0.6) is 0 Å². The Labute approximate surface area is 114 Å². The SMILES string of the molecule is NC(c1cccc(F)c1)c1cc2c(s1)CCSC2. The Bertz CT molecular complexity index is 541. The van der Waals surface area contributed by atoms with E-state index in [1.807, 2.05) is 17.8 Å². The summed E-state index contributed by atoms with van der Waals surface area (Å²) >= 11 is 3.75. The first-order chi connectivity index (χ1) is 8.74. The number of thiophene rings is 1. The predicted octanol–water partition coefficient (Wildman–Crippen LogP) is 3.72. The van der Waals surface area contributed by atoms with Gasteiger partial charge >= 0.3 is 0 Å². The van der Waals surface area contributed by atoms with E-state index in [0.29, 0.717) is 0 Å². The van der Waals surface area contributed by atoms with Crippen LogP contribution in [0.2, 0.25) is 0 Å². The van der Waals surface area contributed by atoms with Gasteiger partial charge in [0.2, 0.25) is 0 Å². The fourth-order valence-corrected chi connectivity index (χ4v) is 4.59. The molecule has 0 spiro atoms. The van der Waals surface area contributed by atoms with E-state index in [0.717, 1.165) is 22.6 Å². The van der Waals surface area contributed by atoms with E-state index in [4.69, 9.17) is 5.73 Å². The number of benzene rings is 1. The van der Waals surface area contributed by atoms with E-state index in [1.165, 1.54) is 28.3 Å². The molecule has 1 nitrogen and oxygen atoms in total. The van der Waals surface area contributed by atoms with Crippen molar-refractivity contribution in [2.45, 2.75) is 18.2 Å². The molecular formula is C14H14FNS2. The molecule has 1 unspecified atom stereocenters. The zero-order valence-electron chi connectivity index (χ0n) is 9.86. The maximum atomic E-state index is 13.2. The minimum Gasteiger partial charge on any atom is -0.320 e.